The van der Waals surface area contributed by atoms with Crippen molar-refractivity contribution in [2.45, 2.75) is 45.8 Å². The molecule has 0 aliphatic carbocycles. The maximum Gasteiger partial charge on any atom is 0.433 e. The summed E-state index contributed by atoms with van der Waals surface area (Å²) in [7, 11) is 0. The largest absolute Gasteiger partial charge is 0.433 e. The van der Waals surface area contributed by atoms with Crippen molar-refractivity contribution >= 4 is 11.7 Å². The molecular formula is C23H27F3N4O. The van der Waals surface area contributed by atoms with Gasteiger partial charge in [0.05, 0.1) is 5.41 Å². The molecule has 0 unspecified atom stereocenters. The molecule has 2 aliphatic rings. The molecule has 0 bridgehead atoms. The fraction of sp³-hybridized carbons (Fsp3) is 0.522. The van der Waals surface area contributed by atoms with E-state index in [4.69, 9.17) is 0 Å². The normalized spacial score (nSPS) is 19.0. The number of hydrogen-bond acceptors (Lipinski definition) is 4. The first-order valence-electron chi connectivity index (χ1n) is 10.7. The molecule has 0 radical (unpaired) electrons. The summed E-state index contributed by atoms with van der Waals surface area (Å²) in [6.45, 7) is 6.48. The molecule has 0 saturated carbocycles. The van der Waals surface area contributed by atoms with Crippen molar-refractivity contribution in [2.75, 3.05) is 24.5 Å². The lowest BCUT2D eigenvalue weighted by Gasteiger charge is -2.42. The Kier molecular flexibility index (Phi) is 5.66. The van der Waals surface area contributed by atoms with Crippen LogP contribution >= 0.6 is 0 Å². The van der Waals surface area contributed by atoms with E-state index < -0.39 is 17.3 Å². The Balaban J connectivity index is 1.59. The van der Waals surface area contributed by atoms with Gasteiger partial charge in [-0.3, -0.25) is 4.79 Å². The number of fused-ring (bicyclic) bond motifs is 1. The first kappa shape index (κ1) is 21.6. The van der Waals surface area contributed by atoms with Crippen LogP contribution < -0.4 is 4.90 Å². The number of amides is 1. The highest BCUT2D eigenvalue weighted by atomic mass is 19.4. The second kappa shape index (κ2) is 8.13. The molecule has 5 nitrogen and oxygen atoms in total. The van der Waals surface area contributed by atoms with Gasteiger partial charge in [0.1, 0.15) is 17.8 Å². The third kappa shape index (κ3) is 4.38. The quantitative estimate of drug-likeness (QED) is 0.725. The standard InChI is InChI=1S/C23H27F3N4O/c1-16(2)13-30-14-18-6-4-3-5-17(18)12-22(21(30)31)7-9-29(10-8-22)20-11-19(23(24,25)26)27-15-28-20/h3-6,11,15-16H,7-10,12-14H2,1-2H3. The molecule has 1 fully saturated rings. The highest BCUT2D eigenvalue weighted by Gasteiger charge is 2.46. The van der Waals surface area contributed by atoms with Gasteiger partial charge in [0.2, 0.25) is 5.91 Å². The molecule has 0 N–H and O–H groups in total. The molecule has 8 heteroatoms. The van der Waals surface area contributed by atoms with Crippen molar-refractivity contribution < 1.29 is 18.0 Å². The minimum atomic E-state index is -4.51. The lowest BCUT2D eigenvalue weighted by molar-refractivity contribution is -0.144. The number of carbonyl (C=O) groups is 1. The van der Waals surface area contributed by atoms with Crippen LogP contribution in [0.15, 0.2) is 36.7 Å². The van der Waals surface area contributed by atoms with E-state index in [2.05, 4.69) is 35.9 Å². The first-order chi connectivity index (χ1) is 14.7. The van der Waals surface area contributed by atoms with Crippen LogP contribution in [-0.4, -0.2) is 40.4 Å². The monoisotopic (exact) mass is 432 g/mol. The van der Waals surface area contributed by atoms with E-state index in [1.54, 1.807) is 0 Å². The van der Waals surface area contributed by atoms with E-state index in [0.29, 0.717) is 51.4 Å². The Bertz CT molecular complexity index is 952. The number of hydrogen-bond donors (Lipinski definition) is 0. The first-order valence-corrected chi connectivity index (χ1v) is 10.7. The number of rotatable bonds is 3. The molecule has 1 saturated heterocycles. The number of carbonyl (C=O) groups excluding carboxylic acids is 1. The molecule has 1 aromatic heterocycles. The van der Waals surface area contributed by atoms with Crippen molar-refractivity contribution in [2.24, 2.45) is 11.3 Å². The van der Waals surface area contributed by atoms with Crippen LogP contribution in [0.3, 0.4) is 0 Å². The van der Waals surface area contributed by atoms with Gasteiger partial charge in [-0.1, -0.05) is 38.1 Å². The molecule has 1 spiro atoms. The van der Waals surface area contributed by atoms with Gasteiger partial charge in [-0.05, 0) is 36.3 Å². The van der Waals surface area contributed by atoms with Crippen molar-refractivity contribution in [1.82, 2.24) is 14.9 Å². The Hall–Kier alpha value is -2.64. The van der Waals surface area contributed by atoms with Gasteiger partial charge >= 0.3 is 6.18 Å². The summed E-state index contributed by atoms with van der Waals surface area (Å²) in [4.78, 5) is 24.9. The van der Waals surface area contributed by atoms with Gasteiger partial charge in [0.15, 0.2) is 0 Å². The molecule has 1 aromatic carbocycles. The Morgan fingerprint density at radius 3 is 2.42 bits per heavy atom. The molecule has 2 aromatic rings. The summed E-state index contributed by atoms with van der Waals surface area (Å²) in [6.07, 6.45) is -1.71. The minimum absolute atomic E-state index is 0.163. The molecule has 166 valence electrons. The van der Waals surface area contributed by atoms with Crippen LogP contribution in [0, 0.1) is 11.3 Å². The van der Waals surface area contributed by atoms with Crippen molar-refractivity contribution in [3.63, 3.8) is 0 Å². The van der Waals surface area contributed by atoms with Gasteiger partial charge < -0.3 is 9.80 Å². The highest BCUT2D eigenvalue weighted by Crippen LogP contribution is 2.41. The second-order valence-electron chi connectivity index (χ2n) is 9.05. The SMILES string of the molecule is CC(C)CN1Cc2ccccc2CC2(CCN(c3cc(C(F)(F)F)ncn3)CC2)C1=O. The van der Waals surface area contributed by atoms with Gasteiger partial charge in [-0.2, -0.15) is 13.2 Å². The second-order valence-corrected chi connectivity index (χ2v) is 9.05. The van der Waals surface area contributed by atoms with Crippen LogP contribution in [0.4, 0.5) is 19.0 Å². The van der Waals surface area contributed by atoms with Crippen molar-refractivity contribution in [3.05, 3.63) is 53.5 Å². The number of benzene rings is 1. The number of nitrogens with zero attached hydrogens (tertiary/aromatic N) is 4. The zero-order valence-electron chi connectivity index (χ0n) is 17.8. The Labute approximate surface area is 180 Å². The molecular weight excluding hydrogens is 405 g/mol. The predicted octanol–water partition coefficient (Wildman–Crippen LogP) is 4.32. The zero-order valence-corrected chi connectivity index (χ0v) is 17.8. The summed E-state index contributed by atoms with van der Waals surface area (Å²) in [5, 5.41) is 0. The average molecular weight is 432 g/mol. The van der Waals surface area contributed by atoms with Crippen LogP contribution in [0.1, 0.15) is 43.5 Å². The van der Waals surface area contributed by atoms with E-state index in [1.165, 1.54) is 11.1 Å². The van der Waals surface area contributed by atoms with E-state index in [-0.39, 0.29) is 11.7 Å². The minimum Gasteiger partial charge on any atom is -0.356 e. The number of alkyl halides is 3. The number of piperidine rings is 1. The van der Waals surface area contributed by atoms with Gasteiger partial charge in [0.25, 0.3) is 0 Å². The van der Waals surface area contributed by atoms with Crippen LogP contribution in [0.25, 0.3) is 0 Å². The van der Waals surface area contributed by atoms with E-state index >= 15 is 0 Å². The number of anilines is 1. The Morgan fingerprint density at radius 1 is 1.10 bits per heavy atom. The molecule has 1 amide bonds. The van der Waals surface area contributed by atoms with E-state index in [1.807, 2.05) is 21.9 Å². The predicted molar refractivity (Wildman–Crippen MR) is 111 cm³/mol. The Morgan fingerprint density at radius 2 is 1.77 bits per heavy atom. The maximum absolute atomic E-state index is 13.7. The topological polar surface area (TPSA) is 49.3 Å². The summed E-state index contributed by atoms with van der Waals surface area (Å²) in [6, 6.07) is 9.18. The molecule has 0 atom stereocenters. The van der Waals surface area contributed by atoms with Crippen molar-refractivity contribution in [3.8, 4) is 0 Å². The summed E-state index contributed by atoms with van der Waals surface area (Å²) < 4.78 is 39.1. The fourth-order valence-corrected chi connectivity index (χ4v) is 4.75. The van der Waals surface area contributed by atoms with Crippen LogP contribution in [-0.2, 0) is 23.9 Å². The van der Waals surface area contributed by atoms with E-state index in [9.17, 15) is 18.0 Å². The maximum atomic E-state index is 13.7. The molecule has 31 heavy (non-hydrogen) atoms. The van der Waals surface area contributed by atoms with Gasteiger partial charge in [-0.25, -0.2) is 9.97 Å². The smallest absolute Gasteiger partial charge is 0.356 e. The molecule has 4 rings (SSSR count). The number of aromatic nitrogens is 2. The highest BCUT2D eigenvalue weighted by molar-refractivity contribution is 5.84. The van der Waals surface area contributed by atoms with E-state index in [0.717, 1.165) is 12.4 Å². The van der Waals surface area contributed by atoms with Crippen LogP contribution in [0.5, 0.6) is 0 Å². The molecule has 2 aliphatic heterocycles. The summed E-state index contributed by atoms with van der Waals surface area (Å²) >= 11 is 0. The zero-order chi connectivity index (χ0) is 22.2. The summed E-state index contributed by atoms with van der Waals surface area (Å²) in [5.74, 6) is 0.779. The summed E-state index contributed by atoms with van der Waals surface area (Å²) in [5.41, 5.74) is 0.900. The van der Waals surface area contributed by atoms with Gasteiger partial charge in [0, 0.05) is 32.2 Å². The fourth-order valence-electron chi connectivity index (χ4n) is 4.75. The van der Waals surface area contributed by atoms with Gasteiger partial charge in [-0.15, -0.1) is 0 Å². The van der Waals surface area contributed by atoms with Crippen molar-refractivity contribution in [1.29, 1.82) is 0 Å². The number of halogens is 3. The lowest BCUT2D eigenvalue weighted by atomic mass is 9.73. The van der Waals surface area contributed by atoms with Crippen LogP contribution in [0.2, 0.25) is 0 Å². The average Bonchev–Trinajstić information content (AvgIpc) is 2.83. The third-order valence-corrected chi connectivity index (χ3v) is 6.32. The molecule has 3 heterocycles. The third-order valence-electron chi connectivity index (χ3n) is 6.32. The lowest BCUT2D eigenvalue weighted by Crippen LogP contribution is -2.51.